The highest BCUT2D eigenvalue weighted by molar-refractivity contribution is 7.13. The Morgan fingerprint density at radius 1 is 1.12 bits per heavy atom. The van der Waals surface area contributed by atoms with Crippen molar-refractivity contribution in [1.82, 2.24) is 20.1 Å². The van der Waals surface area contributed by atoms with Crippen LogP contribution in [0.1, 0.15) is 23.0 Å². The summed E-state index contributed by atoms with van der Waals surface area (Å²) in [6.07, 6.45) is 3.35. The monoisotopic (exact) mass is 461 g/mol. The van der Waals surface area contributed by atoms with Crippen molar-refractivity contribution >= 4 is 28.8 Å². The lowest BCUT2D eigenvalue weighted by Crippen LogP contribution is -2.23. The smallest absolute Gasteiger partial charge is 0.271 e. The van der Waals surface area contributed by atoms with Gasteiger partial charge in [-0.05, 0) is 55.0 Å². The number of rotatable bonds is 9. The summed E-state index contributed by atoms with van der Waals surface area (Å²) in [5.41, 5.74) is 2.82. The van der Waals surface area contributed by atoms with E-state index in [4.69, 9.17) is 4.74 Å². The second kappa shape index (κ2) is 10.6. The predicted octanol–water partition coefficient (Wildman–Crippen LogP) is 3.97. The molecule has 8 nitrogen and oxygen atoms in total. The number of amides is 2. The van der Waals surface area contributed by atoms with E-state index in [1.54, 1.807) is 34.6 Å². The summed E-state index contributed by atoms with van der Waals surface area (Å²) in [4.78, 5) is 29.2. The van der Waals surface area contributed by atoms with Crippen LogP contribution >= 0.6 is 11.3 Å². The average Bonchev–Trinajstić information content (AvgIpc) is 3.51. The molecule has 2 aromatic carbocycles. The number of ether oxygens (including phenoxy) is 1. The van der Waals surface area contributed by atoms with E-state index in [9.17, 15) is 9.59 Å². The third-order valence-corrected chi connectivity index (χ3v) is 5.57. The summed E-state index contributed by atoms with van der Waals surface area (Å²) in [5, 5.41) is 12.3. The van der Waals surface area contributed by atoms with Crippen molar-refractivity contribution < 1.29 is 14.3 Å². The summed E-state index contributed by atoms with van der Waals surface area (Å²) < 4.78 is 7.01. The van der Waals surface area contributed by atoms with Crippen molar-refractivity contribution in [2.45, 2.75) is 20.0 Å². The highest BCUT2D eigenvalue weighted by Crippen LogP contribution is 2.26. The first-order valence-electron chi connectivity index (χ1n) is 10.4. The van der Waals surface area contributed by atoms with Gasteiger partial charge in [0.05, 0.1) is 6.61 Å². The van der Waals surface area contributed by atoms with Gasteiger partial charge in [-0.25, -0.2) is 4.98 Å². The van der Waals surface area contributed by atoms with Crippen LogP contribution < -0.4 is 15.4 Å². The zero-order valence-corrected chi connectivity index (χ0v) is 18.8. The van der Waals surface area contributed by atoms with E-state index in [0.717, 1.165) is 21.9 Å². The van der Waals surface area contributed by atoms with E-state index in [2.05, 4.69) is 20.7 Å². The minimum atomic E-state index is -0.253. The van der Waals surface area contributed by atoms with Gasteiger partial charge in [-0.2, -0.15) is 5.10 Å². The summed E-state index contributed by atoms with van der Waals surface area (Å²) in [6, 6.07) is 16.7. The van der Waals surface area contributed by atoms with Gasteiger partial charge in [-0.15, -0.1) is 11.3 Å². The van der Waals surface area contributed by atoms with Crippen molar-refractivity contribution in [3.63, 3.8) is 0 Å². The van der Waals surface area contributed by atoms with Gasteiger partial charge >= 0.3 is 0 Å². The van der Waals surface area contributed by atoms with Crippen LogP contribution in [0.3, 0.4) is 0 Å². The van der Waals surface area contributed by atoms with E-state index in [1.165, 1.54) is 11.3 Å². The zero-order valence-electron chi connectivity index (χ0n) is 18.0. The van der Waals surface area contributed by atoms with E-state index in [0.29, 0.717) is 24.5 Å². The van der Waals surface area contributed by atoms with Crippen molar-refractivity contribution in [1.29, 1.82) is 0 Å². The number of hydrogen-bond acceptors (Lipinski definition) is 6. The van der Waals surface area contributed by atoms with Crippen LogP contribution in [-0.4, -0.2) is 33.2 Å². The van der Waals surface area contributed by atoms with Crippen LogP contribution in [0, 0.1) is 0 Å². The van der Waals surface area contributed by atoms with Crippen LogP contribution in [0.2, 0.25) is 0 Å². The lowest BCUT2D eigenvalue weighted by Gasteiger charge is -2.08. The van der Waals surface area contributed by atoms with Crippen molar-refractivity contribution in [3.8, 4) is 16.3 Å². The first-order chi connectivity index (χ1) is 16.1. The zero-order chi connectivity index (χ0) is 23.0. The topological polar surface area (TPSA) is 98.1 Å². The highest BCUT2D eigenvalue weighted by atomic mass is 32.1. The van der Waals surface area contributed by atoms with Gasteiger partial charge < -0.3 is 15.4 Å². The molecule has 168 valence electrons. The largest absolute Gasteiger partial charge is 0.494 e. The highest BCUT2D eigenvalue weighted by Gasteiger charge is 2.12. The minimum Gasteiger partial charge on any atom is -0.494 e. The number of carbonyl (C=O) groups excluding carboxylic acids is 2. The van der Waals surface area contributed by atoms with E-state index >= 15 is 0 Å². The maximum atomic E-state index is 12.6. The number of carbonyl (C=O) groups is 2. The molecule has 4 rings (SSSR count). The lowest BCUT2D eigenvalue weighted by atomic mass is 10.2. The Hall–Kier alpha value is -3.98. The van der Waals surface area contributed by atoms with Crippen LogP contribution in [-0.2, 0) is 17.9 Å². The normalized spacial score (nSPS) is 10.6. The number of aromatic nitrogens is 3. The predicted molar refractivity (Wildman–Crippen MR) is 127 cm³/mol. The van der Waals surface area contributed by atoms with Gasteiger partial charge in [0.1, 0.15) is 23.0 Å². The van der Waals surface area contributed by atoms with Crippen LogP contribution in [0.25, 0.3) is 10.6 Å². The second-order valence-electron chi connectivity index (χ2n) is 7.13. The average molecular weight is 462 g/mol. The lowest BCUT2D eigenvalue weighted by molar-refractivity contribution is -0.116. The van der Waals surface area contributed by atoms with Gasteiger partial charge in [-0.3, -0.25) is 14.3 Å². The molecule has 2 aromatic heterocycles. The number of thiazole rings is 1. The van der Waals surface area contributed by atoms with Gasteiger partial charge in [0.25, 0.3) is 5.91 Å². The van der Waals surface area contributed by atoms with Gasteiger partial charge in [0, 0.05) is 35.6 Å². The molecule has 0 bridgehead atoms. The standard InChI is InChI=1S/C24H23N5O3S/c1-2-32-20-9-7-18(8-10-20)24-28-21(16-33-24)23(31)25-14-17-5-3-6-19(13-17)27-22(30)15-29-12-4-11-26-29/h3-13,16H,2,14-15H2,1H3,(H,25,31)(H,27,30). The maximum Gasteiger partial charge on any atom is 0.271 e. The molecule has 33 heavy (non-hydrogen) atoms. The summed E-state index contributed by atoms with van der Waals surface area (Å²) in [5.74, 6) is 0.372. The molecule has 9 heteroatoms. The van der Waals surface area contributed by atoms with Crippen molar-refractivity contribution in [3.05, 3.63) is 83.6 Å². The SMILES string of the molecule is CCOc1ccc(-c2nc(C(=O)NCc3cccc(NC(=O)Cn4cccn4)c3)cs2)cc1. The number of hydrogen-bond donors (Lipinski definition) is 2. The molecule has 0 unspecified atom stereocenters. The molecule has 2 amide bonds. The molecule has 2 heterocycles. The Bertz CT molecular complexity index is 1220. The summed E-state index contributed by atoms with van der Waals surface area (Å²) >= 11 is 1.42. The van der Waals surface area contributed by atoms with Crippen molar-refractivity contribution in [2.24, 2.45) is 0 Å². The molecule has 0 atom stereocenters. The van der Waals surface area contributed by atoms with Crippen LogP contribution in [0.4, 0.5) is 5.69 Å². The fourth-order valence-corrected chi connectivity index (χ4v) is 3.95. The molecule has 0 fully saturated rings. The van der Waals surface area contributed by atoms with E-state index in [-0.39, 0.29) is 18.4 Å². The minimum absolute atomic E-state index is 0.133. The third-order valence-electron chi connectivity index (χ3n) is 4.68. The second-order valence-corrected chi connectivity index (χ2v) is 7.99. The Morgan fingerprint density at radius 2 is 1.97 bits per heavy atom. The Morgan fingerprint density at radius 3 is 2.73 bits per heavy atom. The summed E-state index contributed by atoms with van der Waals surface area (Å²) in [6.45, 7) is 3.00. The first-order valence-corrected chi connectivity index (χ1v) is 11.3. The fraction of sp³-hybridized carbons (Fsp3) is 0.167. The van der Waals surface area contributed by atoms with Crippen LogP contribution in [0.15, 0.2) is 72.4 Å². The molecule has 4 aromatic rings. The molecule has 0 aliphatic rings. The quantitative estimate of drug-likeness (QED) is 0.393. The molecular weight excluding hydrogens is 438 g/mol. The molecule has 2 N–H and O–H groups in total. The van der Waals surface area contributed by atoms with E-state index < -0.39 is 0 Å². The van der Waals surface area contributed by atoms with Gasteiger partial charge in [-0.1, -0.05) is 12.1 Å². The number of benzene rings is 2. The Balaban J connectivity index is 1.32. The van der Waals surface area contributed by atoms with Gasteiger partial charge in [0.15, 0.2) is 0 Å². The molecule has 0 spiro atoms. The first kappa shape index (κ1) is 22.2. The maximum absolute atomic E-state index is 12.6. The Labute approximate surface area is 195 Å². The molecule has 0 saturated carbocycles. The number of nitrogens with one attached hydrogen (secondary N) is 2. The number of anilines is 1. The third kappa shape index (κ3) is 6.05. The molecule has 0 saturated heterocycles. The Kier molecular flexibility index (Phi) is 7.11. The van der Waals surface area contributed by atoms with E-state index in [1.807, 2.05) is 49.4 Å². The molecular formula is C24H23N5O3S. The van der Waals surface area contributed by atoms with Gasteiger partial charge in [0.2, 0.25) is 5.91 Å². The molecule has 0 aliphatic carbocycles. The molecule has 0 aliphatic heterocycles. The van der Waals surface area contributed by atoms with Crippen molar-refractivity contribution in [2.75, 3.05) is 11.9 Å². The molecule has 0 radical (unpaired) electrons. The number of nitrogens with zero attached hydrogens (tertiary/aromatic N) is 3. The summed E-state index contributed by atoms with van der Waals surface area (Å²) in [7, 11) is 0. The fourth-order valence-electron chi connectivity index (χ4n) is 3.14. The van der Waals surface area contributed by atoms with Crippen LogP contribution in [0.5, 0.6) is 5.75 Å².